The summed E-state index contributed by atoms with van der Waals surface area (Å²) in [5.74, 6) is 0.785. The van der Waals surface area contributed by atoms with Gasteiger partial charge in [-0.3, -0.25) is 9.36 Å². The van der Waals surface area contributed by atoms with Gasteiger partial charge in [0.1, 0.15) is 6.04 Å². The minimum atomic E-state index is -0.0200. The van der Waals surface area contributed by atoms with Crippen molar-refractivity contribution in [2.24, 2.45) is 7.05 Å². The van der Waals surface area contributed by atoms with Crippen molar-refractivity contribution in [1.82, 2.24) is 9.55 Å². The van der Waals surface area contributed by atoms with E-state index in [4.69, 9.17) is 11.6 Å². The highest BCUT2D eigenvalue weighted by Crippen LogP contribution is 2.16. The molecule has 0 saturated carbocycles. The van der Waals surface area contributed by atoms with Gasteiger partial charge >= 0.3 is 0 Å². The molecular formula is C14H19ClN3O+. The van der Waals surface area contributed by atoms with Crippen LogP contribution >= 0.6 is 11.6 Å². The Balaban J connectivity index is 2.56. The maximum atomic E-state index is 12.3. The fourth-order valence-corrected chi connectivity index (χ4v) is 2.36. The molecule has 0 radical (unpaired) electrons. The lowest BCUT2D eigenvalue weighted by Crippen LogP contribution is -2.85. The first-order valence-corrected chi connectivity index (χ1v) is 6.92. The van der Waals surface area contributed by atoms with Gasteiger partial charge in [0.15, 0.2) is 5.82 Å². The van der Waals surface area contributed by atoms with Gasteiger partial charge in [-0.1, -0.05) is 18.5 Å². The largest absolute Gasteiger partial charge is 0.338 e. The second kappa shape index (κ2) is 5.72. The zero-order valence-electron chi connectivity index (χ0n) is 11.5. The molecule has 0 aliphatic carbocycles. The second-order valence-electron chi connectivity index (χ2n) is 4.81. The van der Waals surface area contributed by atoms with E-state index in [0.717, 1.165) is 18.8 Å². The van der Waals surface area contributed by atoms with Crippen molar-refractivity contribution in [2.45, 2.75) is 26.3 Å². The topological polar surface area (TPSA) is 51.5 Å². The molecule has 0 fully saturated rings. The van der Waals surface area contributed by atoms with Crippen LogP contribution in [0, 0.1) is 0 Å². The molecule has 0 aliphatic heterocycles. The molecule has 102 valence electrons. The van der Waals surface area contributed by atoms with Gasteiger partial charge < -0.3 is 5.32 Å². The van der Waals surface area contributed by atoms with Gasteiger partial charge in [-0.05, 0) is 31.5 Å². The third-order valence-electron chi connectivity index (χ3n) is 3.29. The van der Waals surface area contributed by atoms with Crippen LogP contribution in [0.25, 0.3) is 10.9 Å². The molecule has 0 amide bonds. The van der Waals surface area contributed by atoms with Crippen molar-refractivity contribution in [1.29, 1.82) is 0 Å². The van der Waals surface area contributed by atoms with E-state index in [-0.39, 0.29) is 11.6 Å². The number of quaternary nitrogens is 1. The van der Waals surface area contributed by atoms with Gasteiger partial charge in [0.2, 0.25) is 0 Å². The smallest absolute Gasteiger partial charge is 0.261 e. The summed E-state index contributed by atoms with van der Waals surface area (Å²) in [5, 5.41) is 3.40. The highest BCUT2D eigenvalue weighted by atomic mass is 35.5. The molecule has 0 unspecified atom stereocenters. The van der Waals surface area contributed by atoms with E-state index >= 15 is 0 Å². The zero-order valence-corrected chi connectivity index (χ0v) is 12.2. The summed E-state index contributed by atoms with van der Waals surface area (Å²) in [7, 11) is 1.77. The molecule has 19 heavy (non-hydrogen) atoms. The lowest BCUT2D eigenvalue weighted by atomic mass is 10.2. The lowest BCUT2D eigenvalue weighted by molar-refractivity contribution is -0.694. The van der Waals surface area contributed by atoms with E-state index in [1.54, 1.807) is 29.8 Å². The fourth-order valence-electron chi connectivity index (χ4n) is 2.19. The number of halogens is 1. The minimum absolute atomic E-state index is 0.0200. The van der Waals surface area contributed by atoms with Crippen molar-refractivity contribution in [3.05, 3.63) is 39.4 Å². The van der Waals surface area contributed by atoms with Crippen molar-refractivity contribution in [2.75, 3.05) is 6.54 Å². The predicted octanol–water partition coefficient (Wildman–Crippen LogP) is 1.62. The first-order chi connectivity index (χ1) is 9.04. The second-order valence-corrected chi connectivity index (χ2v) is 5.25. The van der Waals surface area contributed by atoms with Gasteiger partial charge in [0.05, 0.1) is 17.4 Å². The van der Waals surface area contributed by atoms with Crippen LogP contribution in [0.15, 0.2) is 23.0 Å². The lowest BCUT2D eigenvalue weighted by Gasteiger charge is -2.14. The van der Waals surface area contributed by atoms with Gasteiger partial charge in [-0.15, -0.1) is 0 Å². The molecule has 2 N–H and O–H groups in total. The summed E-state index contributed by atoms with van der Waals surface area (Å²) in [5.41, 5.74) is 0.649. The number of hydrogen-bond acceptors (Lipinski definition) is 2. The van der Waals surface area contributed by atoms with Crippen LogP contribution in [-0.4, -0.2) is 16.1 Å². The van der Waals surface area contributed by atoms with E-state index in [0.29, 0.717) is 15.9 Å². The molecule has 0 spiro atoms. The summed E-state index contributed by atoms with van der Waals surface area (Å²) in [6.45, 7) is 5.22. The minimum Gasteiger partial charge on any atom is -0.338 e. The molecule has 1 atom stereocenters. The summed E-state index contributed by atoms with van der Waals surface area (Å²) < 4.78 is 1.63. The van der Waals surface area contributed by atoms with E-state index in [2.05, 4.69) is 24.1 Å². The van der Waals surface area contributed by atoms with Crippen molar-refractivity contribution < 1.29 is 5.32 Å². The van der Waals surface area contributed by atoms with E-state index < -0.39 is 0 Å². The van der Waals surface area contributed by atoms with Crippen LogP contribution < -0.4 is 10.9 Å². The summed E-state index contributed by atoms with van der Waals surface area (Å²) >= 11 is 5.97. The Kier molecular flexibility index (Phi) is 4.22. The average molecular weight is 281 g/mol. The molecule has 0 aliphatic rings. The predicted molar refractivity (Wildman–Crippen MR) is 77.5 cm³/mol. The number of fused-ring (bicyclic) bond motifs is 1. The molecule has 1 aromatic carbocycles. The Labute approximate surface area is 117 Å². The first kappa shape index (κ1) is 14.0. The SMILES string of the molecule is CCC[NH2+][C@@H](C)c1nc2cc(Cl)ccc2c(=O)n1C. The van der Waals surface area contributed by atoms with Crippen LogP contribution in [0.5, 0.6) is 0 Å². The number of nitrogens with zero attached hydrogens (tertiary/aromatic N) is 2. The molecule has 1 heterocycles. The number of hydrogen-bond donors (Lipinski definition) is 1. The molecular weight excluding hydrogens is 262 g/mol. The number of nitrogens with two attached hydrogens (primary N) is 1. The molecule has 5 heteroatoms. The number of rotatable bonds is 4. The zero-order chi connectivity index (χ0) is 14.0. The highest BCUT2D eigenvalue weighted by Gasteiger charge is 2.16. The van der Waals surface area contributed by atoms with Crippen LogP contribution in [-0.2, 0) is 7.05 Å². The van der Waals surface area contributed by atoms with Gasteiger partial charge in [-0.25, -0.2) is 4.98 Å². The Morgan fingerprint density at radius 1 is 1.47 bits per heavy atom. The standard InChI is InChI=1S/C14H18ClN3O/c1-4-7-16-9(2)13-17-12-8-10(15)5-6-11(12)14(19)18(13)3/h5-6,8-9,16H,4,7H2,1-3H3/p+1/t9-/m0/s1. The molecule has 1 aromatic heterocycles. The first-order valence-electron chi connectivity index (χ1n) is 6.54. The molecule has 2 rings (SSSR count). The summed E-state index contributed by atoms with van der Waals surface area (Å²) in [4.78, 5) is 16.9. The molecule has 0 saturated heterocycles. The fraction of sp³-hybridized carbons (Fsp3) is 0.429. The van der Waals surface area contributed by atoms with Crippen LogP contribution in [0.1, 0.15) is 32.1 Å². The van der Waals surface area contributed by atoms with Crippen molar-refractivity contribution in [3.63, 3.8) is 0 Å². The van der Waals surface area contributed by atoms with Crippen LogP contribution in [0.4, 0.5) is 0 Å². The molecule has 4 nitrogen and oxygen atoms in total. The number of aromatic nitrogens is 2. The van der Waals surface area contributed by atoms with E-state index in [1.165, 1.54) is 0 Å². The van der Waals surface area contributed by atoms with Gasteiger partial charge in [0, 0.05) is 12.1 Å². The van der Waals surface area contributed by atoms with Crippen LogP contribution in [0.3, 0.4) is 0 Å². The quantitative estimate of drug-likeness (QED) is 0.925. The highest BCUT2D eigenvalue weighted by molar-refractivity contribution is 6.31. The normalized spacial score (nSPS) is 12.8. The van der Waals surface area contributed by atoms with Gasteiger partial charge in [-0.2, -0.15) is 0 Å². The van der Waals surface area contributed by atoms with Crippen molar-refractivity contribution in [3.8, 4) is 0 Å². The Morgan fingerprint density at radius 2 is 2.21 bits per heavy atom. The van der Waals surface area contributed by atoms with E-state index in [1.807, 2.05) is 0 Å². The summed E-state index contributed by atoms with van der Waals surface area (Å²) in [6.07, 6.45) is 1.09. The van der Waals surface area contributed by atoms with Crippen LogP contribution in [0.2, 0.25) is 5.02 Å². The third kappa shape index (κ3) is 2.80. The molecule has 2 aromatic rings. The average Bonchev–Trinajstić information content (AvgIpc) is 2.39. The van der Waals surface area contributed by atoms with Crippen molar-refractivity contribution >= 4 is 22.5 Å². The summed E-state index contributed by atoms with van der Waals surface area (Å²) in [6, 6.07) is 5.35. The Morgan fingerprint density at radius 3 is 2.89 bits per heavy atom. The molecule has 0 bridgehead atoms. The number of benzene rings is 1. The third-order valence-corrected chi connectivity index (χ3v) is 3.52. The monoisotopic (exact) mass is 280 g/mol. The maximum Gasteiger partial charge on any atom is 0.261 e. The Bertz CT molecular complexity index is 651. The van der Waals surface area contributed by atoms with E-state index in [9.17, 15) is 4.79 Å². The van der Waals surface area contributed by atoms with Gasteiger partial charge in [0.25, 0.3) is 5.56 Å². The Hall–Kier alpha value is -1.39. The maximum absolute atomic E-state index is 12.3.